The monoisotopic (exact) mass is 261 g/mol. The second-order valence-corrected chi connectivity index (χ2v) is 4.48. The Morgan fingerprint density at radius 2 is 1.83 bits per heavy atom. The molecule has 2 rings (SSSR count). The summed E-state index contributed by atoms with van der Waals surface area (Å²) >= 11 is 6.04. The van der Waals surface area contributed by atoms with Crippen molar-refractivity contribution in [3.8, 4) is 5.75 Å². The zero-order valence-electron chi connectivity index (χ0n) is 10.3. The van der Waals surface area contributed by atoms with Crippen LogP contribution in [0.25, 0.3) is 0 Å². The second kappa shape index (κ2) is 6.43. The molecule has 0 heterocycles. The third-order valence-corrected chi connectivity index (χ3v) is 2.92. The summed E-state index contributed by atoms with van der Waals surface area (Å²) in [6, 6.07) is 15.8. The summed E-state index contributed by atoms with van der Waals surface area (Å²) in [7, 11) is 1.94. The van der Waals surface area contributed by atoms with Crippen molar-refractivity contribution in [3.05, 3.63) is 64.7 Å². The second-order valence-electron chi connectivity index (χ2n) is 4.07. The summed E-state index contributed by atoms with van der Waals surface area (Å²) in [5.41, 5.74) is 2.39. The number of hydrogen-bond acceptors (Lipinski definition) is 2. The van der Waals surface area contributed by atoms with Crippen LogP contribution in [-0.4, -0.2) is 7.05 Å². The molecule has 18 heavy (non-hydrogen) atoms. The molecule has 0 aliphatic heterocycles. The fourth-order valence-corrected chi connectivity index (χ4v) is 1.95. The average Bonchev–Trinajstić information content (AvgIpc) is 2.39. The first-order valence-electron chi connectivity index (χ1n) is 5.89. The molecule has 0 aromatic heterocycles. The zero-order chi connectivity index (χ0) is 12.8. The Morgan fingerprint density at radius 3 is 2.61 bits per heavy atom. The summed E-state index contributed by atoms with van der Waals surface area (Å²) in [6.07, 6.45) is 0. The van der Waals surface area contributed by atoms with Gasteiger partial charge in [0, 0.05) is 6.54 Å². The topological polar surface area (TPSA) is 21.3 Å². The fourth-order valence-electron chi connectivity index (χ4n) is 1.76. The van der Waals surface area contributed by atoms with E-state index in [1.807, 2.05) is 37.4 Å². The van der Waals surface area contributed by atoms with E-state index in [-0.39, 0.29) is 0 Å². The van der Waals surface area contributed by atoms with Crippen LogP contribution in [0, 0.1) is 0 Å². The maximum absolute atomic E-state index is 6.04. The van der Waals surface area contributed by atoms with E-state index in [1.54, 1.807) is 0 Å². The lowest BCUT2D eigenvalue weighted by Crippen LogP contribution is -2.05. The van der Waals surface area contributed by atoms with E-state index in [0.29, 0.717) is 11.6 Å². The molecule has 0 aliphatic carbocycles. The quantitative estimate of drug-likeness (QED) is 0.887. The van der Waals surface area contributed by atoms with Crippen molar-refractivity contribution in [2.45, 2.75) is 13.2 Å². The van der Waals surface area contributed by atoms with E-state index in [9.17, 15) is 0 Å². The van der Waals surface area contributed by atoms with Crippen LogP contribution in [0.2, 0.25) is 5.02 Å². The van der Waals surface area contributed by atoms with Crippen LogP contribution in [0.15, 0.2) is 48.5 Å². The minimum Gasteiger partial charge on any atom is -0.487 e. The van der Waals surface area contributed by atoms with Crippen LogP contribution >= 0.6 is 11.6 Å². The molecule has 0 saturated heterocycles. The first-order valence-corrected chi connectivity index (χ1v) is 6.27. The summed E-state index contributed by atoms with van der Waals surface area (Å²) in [4.78, 5) is 0. The highest BCUT2D eigenvalue weighted by atomic mass is 35.5. The van der Waals surface area contributed by atoms with Gasteiger partial charge in [0.1, 0.15) is 12.4 Å². The highest BCUT2D eigenvalue weighted by Crippen LogP contribution is 2.24. The van der Waals surface area contributed by atoms with Gasteiger partial charge in [0.05, 0.1) is 5.02 Å². The van der Waals surface area contributed by atoms with Crippen molar-refractivity contribution in [2.24, 2.45) is 0 Å². The van der Waals surface area contributed by atoms with E-state index in [2.05, 4.69) is 23.5 Å². The number of halogens is 1. The minimum absolute atomic E-state index is 0.529. The Morgan fingerprint density at radius 1 is 1.06 bits per heavy atom. The molecule has 0 bridgehead atoms. The summed E-state index contributed by atoms with van der Waals surface area (Å²) in [6.45, 7) is 1.39. The molecule has 3 heteroatoms. The van der Waals surface area contributed by atoms with Gasteiger partial charge in [0.2, 0.25) is 0 Å². The van der Waals surface area contributed by atoms with Crippen LogP contribution in [0.4, 0.5) is 0 Å². The lowest BCUT2D eigenvalue weighted by atomic mass is 10.1. The van der Waals surface area contributed by atoms with E-state index >= 15 is 0 Å². The predicted molar refractivity (Wildman–Crippen MR) is 75.0 cm³/mol. The molecule has 2 aromatic rings. The fraction of sp³-hybridized carbons (Fsp3) is 0.200. The van der Waals surface area contributed by atoms with Gasteiger partial charge in [-0.25, -0.2) is 0 Å². The van der Waals surface area contributed by atoms with Crippen LogP contribution in [0.5, 0.6) is 5.75 Å². The summed E-state index contributed by atoms with van der Waals surface area (Å²) in [5.74, 6) is 0.721. The largest absolute Gasteiger partial charge is 0.487 e. The average molecular weight is 262 g/mol. The maximum Gasteiger partial charge on any atom is 0.138 e. The Labute approximate surface area is 113 Å². The van der Waals surface area contributed by atoms with E-state index in [1.165, 1.54) is 5.56 Å². The molecule has 0 radical (unpaired) electrons. The number of para-hydroxylation sites is 1. The molecule has 1 N–H and O–H groups in total. The molecule has 94 valence electrons. The molecule has 2 aromatic carbocycles. The van der Waals surface area contributed by atoms with Gasteiger partial charge in [-0.2, -0.15) is 0 Å². The normalized spacial score (nSPS) is 10.3. The van der Waals surface area contributed by atoms with E-state index in [4.69, 9.17) is 16.3 Å². The number of rotatable bonds is 5. The van der Waals surface area contributed by atoms with Gasteiger partial charge in [-0.1, -0.05) is 48.0 Å². The molecule has 0 fully saturated rings. The van der Waals surface area contributed by atoms with Crippen LogP contribution in [0.3, 0.4) is 0 Å². The van der Waals surface area contributed by atoms with Crippen LogP contribution < -0.4 is 10.1 Å². The molecule has 2 nitrogen and oxygen atoms in total. The standard InChI is InChI=1S/C15H16ClNO/c1-17-10-12-5-4-6-13(9-12)11-18-15-8-3-2-7-14(15)16/h2-9,17H,10-11H2,1H3. The van der Waals surface area contributed by atoms with Crippen LogP contribution in [0.1, 0.15) is 11.1 Å². The number of nitrogens with one attached hydrogen (secondary N) is 1. The van der Waals surface area contributed by atoms with E-state index in [0.717, 1.165) is 17.9 Å². The first-order chi connectivity index (χ1) is 8.79. The Kier molecular flexibility index (Phi) is 4.62. The number of ether oxygens (including phenoxy) is 1. The van der Waals surface area contributed by atoms with Gasteiger partial charge in [-0.3, -0.25) is 0 Å². The predicted octanol–water partition coefficient (Wildman–Crippen LogP) is 3.64. The lowest BCUT2D eigenvalue weighted by molar-refractivity contribution is 0.306. The molecular formula is C15H16ClNO. The van der Waals surface area contributed by atoms with Gasteiger partial charge >= 0.3 is 0 Å². The third-order valence-electron chi connectivity index (χ3n) is 2.60. The van der Waals surface area contributed by atoms with Gasteiger partial charge in [-0.05, 0) is 30.3 Å². The highest BCUT2D eigenvalue weighted by molar-refractivity contribution is 6.32. The smallest absolute Gasteiger partial charge is 0.138 e. The number of hydrogen-bond donors (Lipinski definition) is 1. The summed E-state index contributed by atoms with van der Waals surface area (Å²) < 4.78 is 5.70. The van der Waals surface area contributed by atoms with Gasteiger partial charge in [0.15, 0.2) is 0 Å². The van der Waals surface area contributed by atoms with Crippen molar-refractivity contribution in [3.63, 3.8) is 0 Å². The van der Waals surface area contributed by atoms with Crippen molar-refractivity contribution in [1.29, 1.82) is 0 Å². The Balaban J connectivity index is 2.02. The van der Waals surface area contributed by atoms with Gasteiger partial charge in [-0.15, -0.1) is 0 Å². The first kappa shape index (κ1) is 12.9. The molecule has 0 unspecified atom stereocenters. The van der Waals surface area contributed by atoms with Crippen LogP contribution in [-0.2, 0) is 13.2 Å². The summed E-state index contributed by atoms with van der Waals surface area (Å²) in [5, 5.41) is 3.77. The maximum atomic E-state index is 6.04. The Bertz CT molecular complexity index is 513. The molecule has 0 aliphatic rings. The molecule has 0 atom stereocenters. The lowest BCUT2D eigenvalue weighted by Gasteiger charge is -2.09. The highest BCUT2D eigenvalue weighted by Gasteiger charge is 2.01. The SMILES string of the molecule is CNCc1cccc(COc2ccccc2Cl)c1. The Hall–Kier alpha value is -1.51. The molecule has 0 saturated carbocycles. The van der Waals surface area contributed by atoms with Gasteiger partial charge < -0.3 is 10.1 Å². The zero-order valence-corrected chi connectivity index (χ0v) is 11.1. The van der Waals surface area contributed by atoms with E-state index < -0.39 is 0 Å². The van der Waals surface area contributed by atoms with Gasteiger partial charge in [0.25, 0.3) is 0 Å². The third kappa shape index (κ3) is 3.49. The number of benzene rings is 2. The van der Waals surface area contributed by atoms with Crippen molar-refractivity contribution < 1.29 is 4.74 Å². The molecular weight excluding hydrogens is 246 g/mol. The van der Waals surface area contributed by atoms with Crippen molar-refractivity contribution >= 4 is 11.6 Å². The molecule has 0 amide bonds. The van der Waals surface area contributed by atoms with Crippen molar-refractivity contribution in [2.75, 3.05) is 7.05 Å². The minimum atomic E-state index is 0.529. The van der Waals surface area contributed by atoms with Crippen molar-refractivity contribution in [1.82, 2.24) is 5.32 Å². The molecule has 0 spiro atoms.